The van der Waals surface area contributed by atoms with Crippen molar-refractivity contribution in [2.45, 2.75) is 44.8 Å². The zero-order valence-corrected chi connectivity index (χ0v) is 15.7. The molecule has 146 valence electrons. The van der Waals surface area contributed by atoms with E-state index in [1.165, 1.54) is 5.56 Å². The lowest BCUT2D eigenvalue weighted by atomic mass is 9.73. The Morgan fingerprint density at radius 3 is 2.70 bits per heavy atom. The van der Waals surface area contributed by atoms with Gasteiger partial charge in [-0.3, -0.25) is 9.48 Å². The van der Waals surface area contributed by atoms with Crippen LogP contribution < -0.4 is 0 Å². The Morgan fingerprint density at radius 1 is 1.19 bits per heavy atom. The second-order valence-corrected chi connectivity index (χ2v) is 7.50. The van der Waals surface area contributed by atoms with E-state index in [-0.39, 0.29) is 0 Å². The van der Waals surface area contributed by atoms with Gasteiger partial charge in [-0.25, -0.2) is 0 Å². The van der Waals surface area contributed by atoms with Gasteiger partial charge in [-0.1, -0.05) is 30.3 Å². The highest BCUT2D eigenvalue weighted by Gasteiger charge is 2.48. The van der Waals surface area contributed by atoms with Gasteiger partial charge in [0, 0.05) is 32.0 Å². The van der Waals surface area contributed by atoms with Crippen LogP contribution in [0.1, 0.15) is 31.2 Å². The first-order valence-electron chi connectivity index (χ1n) is 9.75. The highest BCUT2D eigenvalue weighted by molar-refractivity contribution is 5.76. The molecule has 0 aliphatic carbocycles. The lowest BCUT2D eigenvalue weighted by Crippen LogP contribution is -2.56. The summed E-state index contributed by atoms with van der Waals surface area (Å²) < 4.78 is 1.89. The third kappa shape index (κ3) is 4.96. The number of carboxylic acid groups (broad SMARTS) is 1. The number of rotatable bonds is 9. The molecule has 1 aliphatic rings. The monoisotopic (exact) mass is 371 g/mol. The van der Waals surface area contributed by atoms with Crippen molar-refractivity contribution >= 4 is 5.97 Å². The van der Waals surface area contributed by atoms with Crippen molar-refractivity contribution in [2.24, 2.45) is 5.41 Å². The number of aliphatic hydroxyl groups is 1. The highest BCUT2D eigenvalue weighted by Crippen LogP contribution is 2.36. The van der Waals surface area contributed by atoms with Crippen molar-refractivity contribution in [1.29, 1.82) is 0 Å². The summed E-state index contributed by atoms with van der Waals surface area (Å²) >= 11 is 0. The fourth-order valence-corrected chi connectivity index (χ4v) is 4.06. The van der Waals surface area contributed by atoms with Crippen LogP contribution in [0.2, 0.25) is 0 Å². The SMILES string of the molecule is O=C(O)[C@]1(CCCc2ccccc2)CN(CCCn2cccn2)CC[C@@H]1O. The molecule has 1 aromatic heterocycles. The van der Waals surface area contributed by atoms with Crippen molar-refractivity contribution in [3.05, 3.63) is 54.4 Å². The van der Waals surface area contributed by atoms with E-state index in [0.29, 0.717) is 19.4 Å². The molecule has 1 fully saturated rings. The summed E-state index contributed by atoms with van der Waals surface area (Å²) in [6.45, 7) is 2.80. The second kappa shape index (κ2) is 9.15. The van der Waals surface area contributed by atoms with E-state index in [0.717, 1.165) is 38.9 Å². The summed E-state index contributed by atoms with van der Waals surface area (Å²) in [4.78, 5) is 14.3. The molecule has 6 heteroatoms. The highest BCUT2D eigenvalue weighted by atomic mass is 16.4. The van der Waals surface area contributed by atoms with Gasteiger partial charge in [-0.15, -0.1) is 0 Å². The number of likely N-dealkylation sites (tertiary alicyclic amines) is 1. The van der Waals surface area contributed by atoms with Gasteiger partial charge < -0.3 is 15.1 Å². The molecule has 2 atom stereocenters. The number of carbonyl (C=O) groups is 1. The van der Waals surface area contributed by atoms with E-state index >= 15 is 0 Å². The number of aliphatic hydroxyl groups excluding tert-OH is 1. The number of hydrogen-bond donors (Lipinski definition) is 2. The molecule has 27 heavy (non-hydrogen) atoms. The number of hydrogen-bond acceptors (Lipinski definition) is 4. The van der Waals surface area contributed by atoms with Crippen molar-refractivity contribution in [2.75, 3.05) is 19.6 Å². The molecule has 0 spiro atoms. The van der Waals surface area contributed by atoms with E-state index in [1.807, 2.05) is 35.1 Å². The predicted octanol–water partition coefficient (Wildman–Crippen LogP) is 2.43. The minimum atomic E-state index is -1.07. The normalized spacial score (nSPS) is 23.4. The van der Waals surface area contributed by atoms with Crippen LogP contribution in [0.4, 0.5) is 0 Å². The average molecular weight is 371 g/mol. The Morgan fingerprint density at radius 2 is 2.00 bits per heavy atom. The molecular formula is C21H29N3O3. The average Bonchev–Trinajstić information content (AvgIpc) is 3.18. The zero-order valence-electron chi connectivity index (χ0n) is 15.7. The molecule has 0 saturated carbocycles. The third-order valence-corrected chi connectivity index (χ3v) is 5.64. The van der Waals surface area contributed by atoms with Gasteiger partial charge in [-0.2, -0.15) is 5.10 Å². The number of piperidine rings is 1. The first-order chi connectivity index (χ1) is 13.1. The predicted molar refractivity (Wildman–Crippen MR) is 103 cm³/mol. The lowest BCUT2D eigenvalue weighted by Gasteiger charge is -2.43. The van der Waals surface area contributed by atoms with Gasteiger partial charge in [0.2, 0.25) is 0 Å². The standard InChI is InChI=1S/C21H29N3O3/c25-19-10-16-23(13-6-15-24-14-5-12-22-24)17-21(19,20(26)27)11-4-9-18-7-2-1-3-8-18/h1-3,5,7-8,12,14,19,25H,4,6,9-11,13,15-17H2,(H,26,27)/t19-,21+/m0/s1. The van der Waals surface area contributed by atoms with Crippen LogP contribution in [-0.4, -0.2) is 56.6 Å². The summed E-state index contributed by atoms with van der Waals surface area (Å²) in [5, 5.41) is 24.7. The molecule has 3 rings (SSSR count). The molecule has 2 aromatic rings. The van der Waals surface area contributed by atoms with E-state index in [4.69, 9.17) is 0 Å². The fourth-order valence-electron chi connectivity index (χ4n) is 4.06. The maximum atomic E-state index is 12.1. The number of aliphatic carboxylic acids is 1. The molecule has 6 nitrogen and oxygen atoms in total. The number of nitrogens with zero attached hydrogens (tertiary/aromatic N) is 3. The van der Waals surface area contributed by atoms with E-state index in [1.54, 1.807) is 6.20 Å². The molecule has 0 radical (unpaired) electrons. The van der Waals surface area contributed by atoms with E-state index in [2.05, 4.69) is 22.1 Å². The van der Waals surface area contributed by atoms with Crippen molar-refractivity contribution in [1.82, 2.24) is 14.7 Å². The van der Waals surface area contributed by atoms with E-state index < -0.39 is 17.5 Å². The Labute approximate surface area is 160 Å². The number of carboxylic acids is 1. The van der Waals surface area contributed by atoms with Gasteiger partial charge in [0.25, 0.3) is 0 Å². The van der Waals surface area contributed by atoms with Crippen LogP contribution in [-0.2, 0) is 17.8 Å². The third-order valence-electron chi connectivity index (χ3n) is 5.64. The van der Waals surface area contributed by atoms with Gasteiger partial charge in [0.1, 0.15) is 5.41 Å². The summed E-state index contributed by atoms with van der Waals surface area (Å²) in [5.41, 5.74) is 0.137. The first kappa shape index (κ1) is 19.6. The lowest BCUT2D eigenvalue weighted by molar-refractivity contribution is -0.164. The van der Waals surface area contributed by atoms with Gasteiger partial charge in [-0.05, 0) is 50.3 Å². The van der Waals surface area contributed by atoms with Crippen LogP contribution in [0.25, 0.3) is 0 Å². The smallest absolute Gasteiger partial charge is 0.313 e. The largest absolute Gasteiger partial charge is 0.481 e. The molecule has 0 amide bonds. The maximum absolute atomic E-state index is 12.1. The van der Waals surface area contributed by atoms with Gasteiger partial charge >= 0.3 is 5.97 Å². The van der Waals surface area contributed by atoms with Crippen LogP contribution in [0.5, 0.6) is 0 Å². The van der Waals surface area contributed by atoms with Crippen LogP contribution in [0.15, 0.2) is 48.8 Å². The molecule has 1 aliphatic heterocycles. The summed E-state index contributed by atoms with van der Waals surface area (Å²) in [6, 6.07) is 12.0. The van der Waals surface area contributed by atoms with Crippen LogP contribution in [0, 0.1) is 5.41 Å². The van der Waals surface area contributed by atoms with Gasteiger partial charge in [0.15, 0.2) is 0 Å². The molecule has 2 N–H and O–H groups in total. The molecule has 1 aromatic carbocycles. The van der Waals surface area contributed by atoms with Crippen molar-refractivity contribution in [3.63, 3.8) is 0 Å². The summed E-state index contributed by atoms with van der Waals surface area (Å²) in [6.07, 6.45) is 6.43. The Balaban J connectivity index is 1.56. The van der Waals surface area contributed by atoms with Crippen molar-refractivity contribution in [3.8, 4) is 0 Å². The molecule has 1 saturated heterocycles. The molecule has 0 unspecified atom stereocenters. The van der Waals surface area contributed by atoms with Crippen LogP contribution in [0.3, 0.4) is 0 Å². The van der Waals surface area contributed by atoms with Gasteiger partial charge in [0.05, 0.1) is 6.10 Å². The number of aromatic nitrogens is 2. The van der Waals surface area contributed by atoms with Crippen molar-refractivity contribution < 1.29 is 15.0 Å². The first-order valence-corrected chi connectivity index (χ1v) is 9.75. The number of benzene rings is 1. The topological polar surface area (TPSA) is 78.6 Å². The molecule has 0 bridgehead atoms. The fraction of sp³-hybridized carbons (Fsp3) is 0.524. The Hall–Kier alpha value is -2.18. The maximum Gasteiger partial charge on any atom is 0.313 e. The van der Waals surface area contributed by atoms with Crippen LogP contribution >= 0.6 is 0 Å². The summed E-state index contributed by atoms with van der Waals surface area (Å²) in [5.74, 6) is -0.875. The quantitative estimate of drug-likeness (QED) is 0.708. The second-order valence-electron chi connectivity index (χ2n) is 7.50. The van der Waals surface area contributed by atoms with E-state index in [9.17, 15) is 15.0 Å². The Bertz CT molecular complexity index is 705. The number of aryl methyl sites for hydroxylation is 2. The Kier molecular flexibility index (Phi) is 6.63. The molecular weight excluding hydrogens is 342 g/mol. The summed E-state index contributed by atoms with van der Waals surface area (Å²) in [7, 11) is 0. The zero-order chi connectivity index (χ0) is 19.1. The minimum absolute atomic E-state index is 0.414. The minimum Gasteiger partial charge on any atom is -0.481 e. The molecule has 2 heterocycles.